The Morgan fingerprint density at radius 3 is 2.58 bits per heavy atom. The average Bonchev–Trinajstić information content (AvgIpc) is 2.06. The molecule has 64 valence electrons. The summed E-state index contributed by atoms with van der Waals surface area (Å²) in [6, 6.07) is 8.55. The van der Waals surface area contributed by atoms with Crippen molar-refractivity contribution in [3.05, 3.63) is 30.3 Å². The molecule has 12 heavy (non-hydrogen) atoms. The SMILES string of the molecule is O=C(COO)Oc1ccccc1. The molecule has 0 aromatic heterocycles. The fourth-order valence-electron chi connectivity index (χ4n) is 0.702. The molecular weight excluding hydrogens is 160 g/mol. The van der Waals surface area contributed by atoms with Crippen LogP contribution in [-0.2, 0) is 9.68 Å². The topological polar surface area (TPSA) is 55.8 Å². The number of rotatable bonds is 3. The van der Waals surface area contributed by atoms with Crippen molar-refractivity contribution in [2.24, 2.45) is 0 Å². The quantitative estimate of drug-likeness (QED) is 0.317. The van der Waals surface area contributed by atoms with Gasteiger partial charge in [-0.2, -0.15) is 0 Å². The van der Waals surface area contributed by atoms with Crippen molar-refractivity contribution in [2.45, 2.75) is 0 Å². The maximum Gasteiger partial charge on any atom is 0.340 e. The van der Waals surface area contributed by atoms with Crippen LogP contribution in [0.3, 0.4) is 0 Å². The highest BCUT2D eigenvalue weighted by Crippen LogP contribution is 2.07. The van der Waals surface area contributed by atoms with Crippen molar-refractivity contribution < 1.29 is 19.7 Å². The van der Waals surface area contributed by atoms with Gasteiger partial charge in [-0.05, 0) is 12.1 Å². The number of carbonyl (C=O) groups excluding carboxylic acids is 1. The third kappa shape index (κ3) is 2.69. The number of hydrogen-bond donors (Lipinski definition) is 1. The molecule has 0 unspecified atom stereocenters. The van der Waals surface area contributed by atoms with Crippen LogP contribution in [0.5, 0.6) is 5.75 Å². The largest absolute Gasteiger partial charge is 0.425 e. The van der Waals surface area contributed by atoms with Gasteiger partial charge in [-0.25, -0.2) is 9.68 Å². The second kappa shape index (κ2) is 4.48. The number of hydrogen-bond acceptors (Lipinski definition) is 4. The van der Waals surface area contributed by atoms with Crippen LogP contribution in [0.2, 0.25) is 0 Å². The van der Waals surface area contributed by atoms with Crippen molar-refractivity contribution in [3.63, 3.8) is 0 Å². The van der Waals surface area contributed by atoms with Gasteiger partial charge in [-0.3, -0.25) is 5.26 Å². The van der Waals surface area contributed by atoms with Gasteiger partial charge in [0.15, 0.2) is 6.61 Å². The molecule has 1 N–H and O–H groups in total. The first kappa shape index (κ1) is 8.70. The molecule has 0 amide bonds. The average molecular weight is 168 g/mol. The zero-order valence-corrected chi connectivity index (χ0v) is 6.27. The summed E-state index contributed by atoms with van der Waals surface area (Å²) >= 11 is 0. The molecule has 0 aliphatic carbocycles. The maximum atomic E-state index is 10.7. The van der Waals surface area contributed by atoms with E-state index in [0.29, 0.717) is 5.75 Å². The van der Waals surface area contributed by atoms with Crippen LogP contribution in [0, 0.1) is 0 Å². The first-order chi connectivity index (χ1) is 5.83. The van der Waals surface area contributed by atoms with E-state index in [1.807, 2.05) is 0 Å². The Morgan fingerprint density at radius 1 is 1.33 bits per heavy atom. The lowest BCUT2D eigenvalue weighted by Gasteiger charge is -2.00. The van der Waals surface area contributed by atoms with Crippen molar-refractivity contribution in [1.82, 2.24) is 0 Å². The van der Waals surface area contributed by atoms with E-state index >= 15 is 0 Å². The van der Waals surface area contributed by atoms with Crippen LogP contribution in [0.15, 0.2) is 30.3 Å². The molecular formula is C8H8O4. The minimum absolute atomic E-state index is 0.430. The van der Waals surface area contributed by atoms with E-state index < -0.39 is 12.6 Å². The van der Waals surface area contributed by atoms with Gasteiger partial charge in [0.05, 0.1) is 0 Å². The molecule has 1 aromatic carbocycles. The summed E-state index contributed by atoms with van der Waals surface area (Å²) in [5.41, 5.74) is 0. The van der Waals surface area contributed by atoms with E-state index in [2.05, 4.69) is 4.89 Å². The first-order valence-corrected chi connectivity index (χ1v) is 3.35. The lowest BCUT2D eigenvalue weighted by atomic mass is 10.3. The molecule has 1 aromatic rings. The molecule has 0 aliphatic heterocycles. The highest BCUT2D eigenvalue weighted by molar-refractivity contribution is 5.73. The monoisotopic (exact) mass is 168 g/mol. The van der Waals surface area contributed by atoms with Gasteiger partial charge in [-0.1, -0.05) is 18.2 Å². The number of esters is 1. The van der Waals surface area contributed by atoms with Gasteiger partial charge >= 0.3 is 5.97 Å². The van der Waals surface area contributed by atoms with Crippen LogP contribution in [0.1, 0.15) is 0 Å². The lowest BCUT2D eigenvalue weighted by Crippen LogP contribution is -2.14. The Kier molecular flexibility index (Phi) is 3.25. The van der Waals surface area contributed by atoms with Crippen molar-refractivity contribution in [3.8, 4) is 5.75 Å². The minimum Gasteiger partial charge on any atom is -0.425 e. The summed E-state index contributed by atoms with van der Waals surface area (Å²) in [5.74, 6) is -0.205. The van der Waals surface area contributed by atoms with Crippen molar-refractivity contribution >= 4 is 5.97 Å². The Hall–Kier alpha value is -1.39. The fourth-order valence-corrected chi connectivity index (χ4v) is 0.702. The summed E-state index contributed by atoms with van der Waals surface area (Å²) in [6.45, 7) is -0.463. The van der Waals surface area contributed by atoms with E-state index in [1.165, 1.54) is 0 Å². The Labute approximate surface area is 69.3 Å². The smallest absolute Gasteiger partial charge is 0.340 e. The van der Waals surface area contributed by atoms with Crippen LogP contribution >= 0.6 is 0 Å². The molecule has 0 spiro atoms. The Morgan fingerprint density at radius 2 is 2.00 bits per heavy atom. The molecule has 0 bridgehead atoms. The highest BCUT2D eigenvalue weighted by Gasteiger charge is 2.02. The van der Waals surface area contributed by atoms with E-state index in [9.17, 15) is 4.79 Å². The van der Waals surface area contributed by atoms with E-state index in [0.717, 1.165) is 0 Å². The Balaban J connectivity index is 2.47. The highest BCUT2D eigenvalue weighted by atomic mass is 17.1. The maximum absolute atomic E-state index is 10.7. The molecule has 0 fully saturated rings. The van der Waals surface area contributed by atoms with Crippen LogP contribution in [-0.4, -0.2) is 17.8 Å². The van der Waals surface area contributed by atoms with Gasteiger partial charge < -0.3 is 4.74 Å². The van der Waals surface area contributed by atoms with Gasteiger partial charge in [0.2, 0.25) is 0 Å². The van der Waals surface area contributed by atoms with Crippen LogP contribution in [0.4, 0.5) is 0 Å². The van der Waals surface area contributed by atoms with E-state index in [-0.39, 0.29) is 0 Å². The molecule has 0 aliphatic rings. The van der Waals surface area contributed by atoms with Crippen LogP contribution in [0.25, 0.3) is 0 Å². The summed E-state index contributed by atoms with van der Waals surface area (Å²) in [4.78, 5) is 14.3. The van der Waals surface area contributed by atoms with Gasteiger partial charge in [0.1, 0.15) is 5.75 Å². The number of para-hydroxylation sites is 1. The normalized spacial score (nSPS) is 9.42. The second-order valence-electron chi connectivity index (χ2n) is 2.06. The number of ether oxygens (including phenoxy) is 1. The Bertz CT molecular complexity index is 244. The minimum atomic E-state index is -0.635. The zero-order chi connectivity index (χ0) is 8.81. The second-order valence-corrected chi connectivity index (χ2v) is 2.06. The predicted molar refractivity (Wildman–Crippen MR) is 40.7 cm³/mol. The fraction of sp³-hybridized carbons (Fsp3) is 0.125. The molecule has 0 atom stereocenters. The molecule has 4 nitrogen and oxygen atoms in total. The standard InChI is InChI=1S/C8H8O4/c9-8(6-11-10)12-7-4-2-1-3-5-7/h1-5,10H,6H2. The molecule has 0 saturated heterocycles. The number of carbonyl (C=O) groups is 1. The molecule has 0 radical (unpaired) electrons. The van der Waals surface area contributed by atoms with Gasteiger partial charge in [0, 0.05) is 0 Å². The summed E-state index contributed by atoms with van der Waals surface area (Å²) in [5, 5.41) is 7.91. The lowest BCUT2D eigenvalue weighted by molar-refractivity contribution is -0.242. The molecule has 0 saturated carbocycles. The first-order valence-electron chi connectivity index (χ1n) is 3.35. The predicted octanol–water partition coefficient (Wildman–Crippen LogP) is 1.08. The van der Waals surface area contributed by atoms with E-state index in [4.69, 9.17) is 9.99 Å². The summed E-state index contributed by atoms with van der Waals surface area (Å²) in [7, 11) is 0. The van der Waals surface area contributed by atoms with Gasteiger partial charge in [-0.15, -0.1) is 0 Å². The third-order valence-electron chi connectivity index (χ3n) is 1.16. The number of benzene rings is 1. The van der Waals surface area contributed by atoms with Crippen molar-refractivity contribution in [2.75, 3.05) is 6.61 Å². The summed E-state index contributed by atoms with van der Waals surface area (Å²) < 4.78 is 4.73. The van der Waals surface area contributed by atoms with Crippen molar-refractivity contribution in [1.29, 1.82) is 0 Å². The third-order valence-corrected chi connectivity index (χ3v) is 1.16. The van der Waals surface area contributed by atoms with Gasteiger partial charge in [0.25, 0.3) is 0 Å². The van der Waals surface area contributed by atoms with Crippen LogP contribution < -0.4 is 4.74 Å². The molecule has 0 heterocycles. The summed E-state index contributed by atoms with van der Waals surface area (Å²) in [6.07, 6.45) is 0. The molecule has 1 rings (SSSR count). The zero-order valence-electron chi connectivity index (χ0n) is 6.27. The van der Waals surface area contributed by atoms with E-state index in [1.54, 1.807) is 30.3 Å². The molecule has 4 heteroatoms.